The quantitative estimate of drug-likeness (QED) is 0.382. The molecule has 30 heavy (non-hydrogen) atoms. The Balaban J connectivity index is 2.04. The number of carbonyl (C=O) groups excluding carboxylic acids is 2. The minimum Gasteiger partial charge on any atom is -0.493 e. The van der Waals surface area contributed by atoms with Crippen molar-refractivity contribution in [2.45, 2.75) is 6.92 Å². The van der Waals surface area contributed by atoms with Gasteiger partial charge in [-0.25, -0.2) is 0 Å². The number of ether oxygens (including phenoxy) is 3. The molecule has 0 aromatic heterocycles. The number of rotatable bonds is 7. The van der Waals surface area contributed by atoms with Crippen molar-refractivity contribution >= 4 is 41.0 Å². The molecular weight excluding hydrogens is 404 g/mol. The highest BCUT2D eigenvalue weighted by atomic mass is 32.1. The second-order valence-corrected chi connectivity index (χ2v) is 6.66. The molecule has 0 saturated carbocycles. The third kappa shape index (κ3) is 4.28. The van der Waals surface area contributed by atoms with Crippen LogP contribution in [0.25, 0.3) is 6.08 Å². The predicted octanol–water partition coefficient (Wildman–Crippen LogP) is 3.24. The largest absolute Gasteiger partial charge is 0.493 e. The van der Waals surface area contributed by atoms with Gasteiger partial charge in [0, 0.05) is 0 Å². The van der Waals surface area contributed by atoms with E-state index in [4.69, 9.17) is 26.4 Å². The maximum absolute atomic E-state index is 13.2. The van der Waals surface area contributed by atoms with Gasteiger partial charge in [0.2, 0.25) is 0 Å². The molecule has 8 heteroatoms. The average molecular weight is 426 g/mol. The van der Waals surface area contributed by atoms with Crippen LogP contribution >= 0.6 is 12.2 Å². The monoisotopic (exact) mass is 426 g/mol. The van der Waals surface area contributed by atoms with Gasteiger partial charge in [-0.2, -0.15) is 0 Å². The Morgan fingerprint density at radius 1 is 1.10 bits per heavy atom. The van der Waals surface area contributed by atoms with Gasteiger partial charge in [-0.15, -0.1) is 0 Å². The van der Waals surface area contributed by atoms with Gasteiger partial charge in [0.15, 0.2) is 16.6 Å². The SMILES string of the molecule is CCOc1ccc(/C=C2/C(=O)N(c3ccccc3)C(=S)N2CC(=O)OC)cc1OC. The predicted molar refractivity (Wildman–Crippen MR) is 117 cm³/mol. The van der Waals surface area contributed by atoms with E-state index in [-0.39, 0.29) is 23.3 Å². The standard InChI is InChI=1S/C22H22N2O5S/c1-4-29-18-11-10-15(13-19(18)27-2)12-17-21(26)24(16-8-6-5-7-9-16)22(30)23(17)14-20(25)28-3/h5-13H,4,14H2,1-3H3/b17-12-. The van der Waals surface area contributed by atoms with Gasteiger partial charge in [0.1, 0.15) is 12.2 Å². The number of amides is 1. The molecule has 0 atom stereocenters. The number of carbonyl (C=O) groups is 2. The van der Waals surface area contributed by atoms with Crippen molar-refractivity contribution in [3.63, 3.8) is 0 Å². The van der Waals surface area contributed by atoms with E-state index in [1.807, 2.05) is 25.1 Å². The molecule has 0 unspecified atom stereocenters. The van der Waals surface area contributed by atoms with Gasteiger partial charge < -0.3 is 19.1 Å². The van der Waals surface area contributed by atoms with Gasteiger partial charge in [-0.1, -0.05) is 24.3 Å². The molecule has 1 amide bonds. The van der Waals surface area contributed by atoms with Gasteiger partial charge in [-0.05, 0) is 55.0 Å². The highest BCUT2D eigenvalue weighted by molar-refractivity contribution is 7.80. The summed E-state index contributed by atoms with van der Waals surface area (Å²) in [4.78, 5) is 28.1. The fourth-order valence-corrected chi connectivity index (χ4v) is 3.39. The summed E-state index contributed by atoms with van der Waals surface area (Å²) < 4.78 is 15.7. The minimum atomic E-state index is -0.504. The number of nitrogens with zero attached hydrogens (tertiary/aromatic N) is 2. The van der Waals surface area contributed by atoms with Gasteiger partial charge in [-0.3, -0.25) is 14.5 Å². The van der Waals surface area contributed by atoms with Crippen molar-refractivity contribution in [1.82, 2.24) is 4.90 Å². The fourth-order valence-electron chi connectivity index (χ4n) is 3.04. The van der Waals surface area contributed by atoms with Crippen LogP contribution in [0, 0.1) is 0 Å². The molecule has 0 radical (unpaired) electrons. The third-order valence-corrected chi connectivity index (χ3v) is 4.86. The Hall–Kier alpha value is -3.39. The van der Waals surface area contributed by atoms with E-state index < -0.39 is 5.97 Å². The first-order chi connectivity index (χ1) is 14.5. The van der Waals surface area contributed by atoms with Crippen LogP contribution in [0.5, 0.6) is 11.5 Å². The fraction of sp³-hybridized carbons (Fsp3) is 0.227. The van der Waals surface area contributed by atoms with E-state index in [2.05, 4.69) is 0 Å². The second kappa shape index (κ2) is 9.41. The number of methoxy groups -OCH3 is 2. The highest BCUT2D eigenvalue weighted by Crippen LogP contribution is 2.32. The van der Waals surface area contributed by atoms with Crippen LogP contribution in [-0.4, -0.2) is 49.3 Å². The molecule has 0 spiro atoms. The number of hydrogen-bond acceptors (Lipinski definition) is 6. The topological polar surface area (TPSA) is 68.3 Å². The number of thiocarbonyl (C=S) groups is 1. The van der Waals surface area contributed by atoms with Gasteiger partial charge in [0.25, 0.3) is 5.91 Å². The van der Waals surface area contributed by atoms with Crippen LogP contribution in [0.2, 0.25) is 0 Å². The summed E-state index contributed by atoms with van der Waals surface area (Å²) in [5.74, 6) is 0.310. The van der Waals surface area contributed by atoms with E-state index >= 15 is 0 Å². The van der Waals surface area contributed by atoms with Crippen molar-refractivity contribution in [3.8, 4) is 11.5 Å². The normalized spacial score (nSPS) is 15.0. The maximum atomic E-state index is 13.2. The summed E-state index contributed by atoms with van der Waals surface area (Å²) in [5, 5.41) is 0.209. The molecule has 156 valence electrons. The van der Waals surface area contributed by atoms with Gasteiger partial charge in [0.05, 0.1) is 26.5 Å². The summed E-state index contributed by atoms with van der Waals surface area (Å²) in [6.45, 7) is 2.21. The molecule has 1 aliphatic rings. The lowest BCUT2D eigenvalue weighted by atomic mass is 10.1. The smallest absolute Gasteiger partial charge is 0.325 e. The minimum absolute atomic E-state index is 0.176. The number of esters is 1. The van der Waals surface area contributed by atoms with E-state index in [1.165, 1.54) is 16.9 Å². The third-order valence-electron chi connectivity index (χ3n) is 4.46. The molecule has 1 fully saturated rings. The zero-order valence-electron chi connectivity index (χ0n) is 17.0. The molecule has 1 aliphatic heterocycles. The first-order valence-electron chi connectivity index (χ1n) is 9.30. The summed E-state index contributed by atoms with van der Waals surface area (Å²) in [5.41, 5.74) is 1.58. The Kier molecular flexibility index (Phi) is 6.68. The Labute approximate surface area is 180 Å². The van der Waals surface area contributed by atoms with Crippen LogP contribution in [-0.2, 0) is 14.3 Å². The van der Waals surface area contributed by atoms with Crippen molar-refractivity contribution in [2.24, 2.45) is 0 Å². The Bertz CT molecular complexity index is 990. The first-order valence-corrected chi connectivity index (χ1v) is 9.71. The zero-order valence-corrected chi connectivity index (χ0v) is 17.8. The molecule has 1 saturated heterocycles. The zero-order chi connectivity index (χ0) is 21.7. The molecule has 0 N–H and O–H groups in total. The number of benzene rings is 2. The lowest BCUT2D eigenvalue weighted by molar-refractivity contribution is -0.140. The molecule has 2 aromatic rings. The van der Waals surface area contributed by atoms with Crippen LogP contribution in [0.4, 0.5) is 5.69 Å². The van der Waals surface area contributed by atoms with E-state index in [0.29, 0.717) is 29.4 Å². The first kappa shape index (κ1) is 21.3. The maximum Gasteiger partial charge on any atom is 0.325 e. The van der Waals surface area contributed by atoms with Crippen LogP contribution < -0.4 is 14.4 Å². The number of anilines is 1. The molecule has 1 heterocycles. The van der Waals surface area contributed by atoms with E-state index in [1.54, 1.807) is 43.5 Å². The molecule has 0 bridgehead atoms. The van der Waals surface area contributed by atoms with Crippen LogP contribution in [0.3, 0.4) is 0 Å². The lowest BCUT2D eigenvalue weighted by Gasteiger charge is -2.19. The molecular formula is C22H22N2O5S. The summed E-state index contributed by atoms with van der Waals surface area (Å²) in [6, 6.07) is 14.4. The van der Waals surface area contributed by atoms with Gasteiger partial charge >= 0.3 is 5.97 Å². The van der Waals surface area contributed by atoms with Crippen LogP contribution in [0.1, 0.15) is 12.5 Å². The average Bonchev–Trinajstić information content (AvgIpc) is 2.99. The van der Waals surface area contributed by atoms with Crippen molar-refractivity contribution in [1.29, 1.82) is 0 Å². The summed E-state index contributed by atoms with van der Waals surface area (Å²) in [6.07, 6.45) is 1.67. The number of para-hydroxylation sites is 1. The molecule has 2 aromatic carbocycles. The molecule has 3 rings (SSSR count). The van der Waals surface area contributed by atoms with E-state index in [9.17, 15) is 9.59 Å². The highest BCUT2D eigenvalue weighted by Gasteiger charge is 2.40. The van der Waals surface area contributed by atoms with E-state index in [0.717, 1.165) is 0 Å². The second-order valence-electron chi connectivity index (χ2n) is 6.29. The summed E-state index contributed by atoms with van der Waals surface area (Å²) >= 11 is 5.52. The number of hydrogen-bond donors (Lipinski definition) is 0. The molecule has 7 nitrogen and oxygen atoms in total. The molecule has 0 aliphatic carbocycles. The Morgan fingerprint density at radius 3 is 2.47 bits per heavy atom. The van der Waals surface area contributed by atoms with Crippen molar-refractivity contribution in [3.05, 3.63) is 59.8 Å². The van der Waals surface area contributed by atoms with Crippen molar-refractivity contribution < 1.29 is 23.8 Å². The summed E-state index contributed by atoms with van der Waals surface area (Å²) in [7, 11) is 2.84. The van der Waals surface area contributed by atoms with Crippen molar-refractivity contribution in [2.75, 3.05) is 32.3 Å². The lowest BCUT2D eigenvalue weighted by Crippen LogP contribution is -2.35. The Morgan fingerprint density at radius 2 is 1.83 bits per heavy atom. The van der Waals surface area contributed by atoms with Crippen LogP contribution in [0.15, 0.2) is 54.2 Å².